The molecule has 8 aliphatic heterocycles. The molecule has 30 heteroatoms. The summed E-state index contributed by atoms with van der Waals surface area (Å²) in [5, 5.41) is 54.5. The molecule has 16 heterocycles. The van der Waals surface area contributed by atoms with E-state index in [9.17, 15) is 39.6 Å². The van der Waals surface area contributed by atoms with Crippen molar-refractivity contribution >= 4 is 68.7 Å². The quantitative estimate of drug-likeness (QED) is 0.0400. The van der Waals surface area contributed by atoms with Crippen LogP contribution in [0.1, 0.15) is 387 Å². The normalized spacial score (nSPS) is 30.6. The lowest BCUT2D eigenvalue weighted by molar-refractivity contribution is -0.242. The van der Waals surface area contributed by atoms with Gasteiger partial charge >= 0.3 is 0 Å². The Bertz CT molecular complexity index is 6290. The number of ether oxygens (including phenoxy) is 6. The Hall–Kier alpha value is -11.4. The van der Waals surface area contributed by atoms with Crippen molar-refractivity contribution in [2.24, 2.45) is 10.8 Å². The van der Waals surface area contributed by atoms with Crippen LogP contribution in [0.15, 0.2) is 97.6 Å². The fourth-order valence-corrected chi connectivity index (χ4v) is 23.7. The van der Waals surface area contributed by atoms with Gasteiger partial charge < -0.3 is 90.1 Å². The van der Waals surface area contributed by atoms with Crippen LogP contribution in [-0.4, -0.2) is 191 Å². The van der Waals surface area contributed by atoms with E-state index in [0.29, 0.717) is 71.6 Å². The molecule has 0 saturated carbocycles. The van der Waals surface area contributed by atoms with Gasteiger partial charge in [-0.1, -0.05) is 69.8 Å². The summed E-state index contributed by atoms with van der Waals surface area (Å²) in [5.74, 6) is 6.62. The molecular formula is C110H136N16O14. The summed E-state index contributed by atoms with van der Waals surface area (Å²) >= 11 is 0. The van der Waals surface area contributed by atoms with Crippen molar-refractivity contribution in [3.05, 3.63) is 189 Å². The number of pyridine rings is 4. The molecule has 140 heavy (non-hydrogen) atoms. The number of aliphatic hydroxyl groups excluding tert-OH is 4. The first-order valence-electron chi connectivity index (χ1n) is 49.6. The number of H-pyrrole nitrogens is 4. The van der Waals surface area contributed by atoms with Gasteiger partial charge in [-0.2, -0.15) is 0 Å². The van der Waals surface area contributed by atoms with Crippen LogP contribution in [0.2, 0.25) is 0 Å². The van der Waals surface area contributed by atoms with Crippen molar-refractivity contribution in [1.29, 1.82) is 0 Å². The highest BCUT2D eigenvalue weighted by Crippen LogP contribution is 2.60. The van der Waals surface area contributed by atoms with E-state index in [0.717, 1.165) is 183 Å². The number of nitrogens with one attached hydrogen (secondary N) is 8. The van der Waals surface area contributed by atoms with E-state index in [1.54, 1.807) is 6.20 Å². The molecule has 3 unspecified atom stereocenters. The third-order valence-electron chi connectivity index (χ3n) is 30.6. The lowest BCUT2D eigenvalue weighted by Crippen LogP contribution is -2.46. The summed E-state index contributed by atoms with van der Waals surface area (Å²) in [5.41, 5.74) is 12.3. The highest BCUT2D eigenvalue weighted by Gasteiger charge is 2.69. The highest BCUT2D eigenvalue weighted by atomic mass is 16.8. The lowest BCUT2D eigenvalue weighted by atomic mass is 9.77. The zero-order valence-electron chi connectivity index (χ0n) is 83.7. The fourth-order valence-electron chi connectivity index (χ4n) is 23.7. The molecule has 6 bridgehead atoms. The van der Waals surface area contributed by atoms with E-state index >= 15 is 0 Å². The van der Waals surface area contributed by atoms with Crippen molar-refractivity contribution in [1.82, 2.24) is 59.8 Å². The molecule has 0 aromatic carbocycles. The summed E-state index contributed by atoms with van der Waals surface area (Å²) in [4.78, 5) is 100.0. The van der Waals surface area contributed by atoms with E-state index in [1.165, 1.54) is 30.6 Å². The molecule has 20 rings (SSSR count). The van der Waals surface area contributed by atoms with E-state index in [4.69, 9.17) is 67.6 Å². The summed E-state index contributed by atoms with van der Waals surface area (Å²) in [6.07, 6.45) is 47.0. The number of imidazole rings is 4. The zero-order valence-corrected chi connectivity index (χ0v) is 83.7. The number of amides is 4. The minimum Gasteiger partial charge on any atom is -0.387 e. The number of allylic oxidation sites excluding steroid dienone is 8. The standard InChI is InChI=1S/C31H38N4O4.C28H34N4O4.C26H30N4O4.C25H34N4O2/c1-8-20-17-32-26(33-20)27(36)35-22-10-9-21(34-23(22)18-11-13-28(2,3)14-12-18)19-15-30(6)24-25(31(7,16-19)39-30)38-29(4,5)37-24;1-6-18-15-29-24(30-18)25(35)32-20-8-7-19(31-21(20)16-9-11-26(2,3)12-10-16)17-13-27(4)22(33)23(34)28(5,14-17)36-27;1-4-17-14-27-23(28-17)24(33)30-19-11-10-18(29-20(19)15-8-6-5-7-9-15)16-12-25(2)21(31)22(32)26(3,13-16)34-25;1-16-15-26-22(27-16)23(30)29-20-12-11-19(28-21(20)17-9-7-6-8-10-17)18-13-24(2,3)31-25(4,5)14-18/h1,9-11,17,19,24-25H,12-16H2,2-7H3,(H,32,33)(H,35,36);1,7-9,15,17,22-23,33-34H,10-14H2,2-5H3,(H,29,30)(H,32,35);1,8,10-11,14,16,21-22,31-32H,5-7,9,12-13H2,2-3H3,(H,27,28)(H,30,33);9,11-12,15,18H,6-8,10,13-14H2,1-5H3,(H,26,27)(H,29,30)/t19?,24-,25+,30+,31-;17?,22-,23+,27+,28-;16?,21-,22+,25+,26-;. The molecular weight excluding hydrogens is 1770 g/mol. The number of hydrogen-bond acceptors (Lipinski definition) is 22. The summed E-state index contributed by atoms with van der Waals surface area (Å²) in [7, 11) is 0. The van der Waals surface area contributed by atoms with Gasteiger partial charge in [0.1, 0.15) is 53.7 Å². The number of carbonyl (C=O) groups excluding carboxylic acids is 4. The second-order valence-corrected chi connectivity index (χ2v) is 45.3. The Balaban J connectivity index is 0.000000129. The number of nitrogens with zero attached hydrogens (tertiary/aromatic N) is 8. The number of aryl methyl sites for hydroxylation is 1. The monoisotopic (exact) mass is 1910 g/mol. The van der Waals surface area contributed by atoms with Crippen molar-refractivity contribution < 1.29 is 68.0 Å². The minimum atomic E-state index is -0.949. The van der Waals surface area contributed by atoms with Gasteiger partial charge in [-0.05, 0) is 313 Å². The summed E-state index contributed by atoms with van der Waals surface area (Å²) < 4.78 is 37.8. The molecule has 12 aliphatic rings. The summed E-state index contributed by atoms with van der Waals surface area (Å²) in [6.45, 7) is 35.2. The second kappa shape index (κ2) is 38.1. The minimum absolute atomic E-state index is 0.00602. The van der Waals surface area contributed by atoms with Crippen LogP contribution in [0.5, 0.6) is 0 Å². The number of carbonyl (C=O) groups is 4. The molecule has 12 N–H and O–H groups in total. The summed E-state index contributed by atoms with van der Waals surface area (Å²) in [6, 6.07) is 15.7. The fraction of sp³-hybridized carbons (Fsp3) is 0.545. The Morgan fingerprint density at radius 3 is 0.921 bits per heavy atom. The molecule has 15 atom stereocenters. The number of fused-ring (bicyclic) bond motifs is 9. The highest BCUT2D eigenvalue weighted by molar-refractivity contribution is 6.05. The Kier molecular flexibility index (Phi) is 27.2. The van der Waals surface area contributed by atoms with E-state index in [1.807, 2.05) is 90.9 Å². The number of hydrogen-bond donors (Lipinski definition) is 12. The third-order valence-corrected chi connectivity index (χ3v) is 30.6. The van der Waals surface area contributed by atoms with Crippen LogP contribution in [-0.2, 0) is 28.4 Å². The molecule has 0 radical (unpaired) electrons. The zero-order chi connectivity index (χ0) is 100.0. The van der Waals surface area contributed by atoms with Gasteiger partial charge in [0.2, 0.25) is 0 Å². The van der Waals surface area contributed by atoms with Gasteiger partial charge in [-0.15, -0.1) is 19.3 Å². The Labute approximate surface area is 820 Å². The van der Waals surface area contributed by atoms with E-state index in [-0.39, 0.29) is 93.1 Å². The predicted octanol–water partition coefficient (Wildman–Crippen LogP) is 18.3. The number of terminal acetylenes is 3. The lowest BCUT2D eigenvalue weighted by Gasteiger charge is -2.45. The van der Waals surface area contributed by atoms with Gasteiger partial charge in [0.15, 0.2) is 29.1 Å². The number of aromatic amines is 4. The predicted molar refractivity (Wildman–Crippen MR) is 534 cm³/mol. The first-order valence-corrected chi connectivity index (χ1v) is 49.6. The molecule has 740 valence electrons. The van der Waals surface area contributed by atoms with Crippen molar-refractivity contribution in [3.63, 3.8) is 0 Å². The van der Waals surface area contributed by atoms with Gasteiger partial charge in [-0.3, -0.25) is 39.1 Å². The van der Waals surface area contributed by atoms with Crippen LogP contribution in [0, 0.1) is 54.8 Å². The maximum atomic E-state index is 13.0. The first-order chi connectivity index (χ1) is 66.1. The van der Waals surface area contributed by atoms with Gasteiger partial charge in [0.25, 0.3) is 23.6 Å². The largest absolute Gasteiger partial charge is 0.387 e. The maximum Gasteiger partial charge on any atom is 0.291 e. The van der Waals surface area contributed by atoms with Gasteiger partial charge in [0, 0.05) is 58.3 Å². The average Bonchev–Trinajstić information content (AvgIpc) is 1.79. The number of aliphatic hydroxyl groups is 4. The number of anilines is 4. The van der Waals surface area contributed by atoms with Gasteiger partial charge in [0.05, 0.1) is 109 Å². The number of aromatic nitrogens is 12. The van der Waals surface area contributed by atoms with Crippen molar-refractivity contribution in [2.45, 2.75) is 370 Å². The Morgan fingerprint density at radius 1 is 0.364 bits per heavy atom. The van der Waals surface area contributed by atoms with Crippen molar-refractivity contribution in [3.8, 4) is 37.0 Å². The van der Waals surface area contributed by atoms with E-state index in [2.05, 4.69) is 179 Å². The smallest absolute Gasteiger partial charge is 0.291 e. The molecule has 0 spiro atoms. The molecule has 4 amide bonds. The maximum absolute atomic E-state index is 13.0. The van der Waals surface area contributed by atoms with Crippen molar-refractivity contribution in [2.75, 3.05) is 21.3 Å². The van der Waals surface area contributed by atoms with Crippen LogP contribution >= 0.6 is 0 Å². The third kappa shape index (κ3) is 21.0. The van der Waals surface area contributed by atoms with Crippen LogP contribution in [0.4, 0.5) is 22.7 Å². The van der Waals surface area contributed by atoms with Crippen LogP contribution < -0.4 is 21.3 Å². The molecule has 8 aromatic rings. The SMILES string of the molecule is C#Cc1cnc(C(=O)Nc2ccc(C3C[C@@]4(C)O[C@@](C)(C3)[C@@H]3OC(C)(C)O[C@@H]34)nc2C2=CCC(C)(C)CC2)[nH]1.C#Cc1cnc(C(=O)Nc2ccc(C3C[C@@]4(C)O[C@@](C)(C3)[C@H](O)[C@@H]4O)nc2C2=CCC(C)(C)CC2)[nH]1.C#Cc1cnc(C(=O)Nc2ccc(C3C[C@@]4(C)O[C@@](C)(C3)[C@H](O)[C@@H]4O)nc2C2=CCCCC2)[nH]1.Cc1cnc(C(=O)Nc2ccc(C3CC(C)(C)OC(C)(C)C3)nc2C2=CCCCC2)[nH]1. The Morgan fingerprint density at radius 2 is 0.650 bits per heavy atom. The molecule has 8 aromatic heterocycles. The topological polar surface area (TPSA) is 419 Å². The average molecular weight is 1910 g/mol. The van der Waals surface area contributed by atoms with Crippen LogP contribution in [0.3, 0.4) is 0 Å². The molecule has 8 fully saturated rings. The molecule has 8 saturated heterocycles. The second-order valence-electron chi connectivity index (χ2n) is 45.3. The van der Waals surface area contributed by atoms with Gasteiger partial charge in [-0.25, -0.2) is 19.9 Å². The van der Waals surface area contributed by atoms with E-state index < -0.39 is 63.8 Å². The van der Waals surface area contributed by atoms with Crippen LogP contribution in [0.25, 0.3) is 22.3 Å². The number of rotatable bonds is 16. The molecule has 4 aliphatic carbocycles. The first kappa shape index (κ1) is 100. The molecule has 30 nitrogen and oxygen atoms in total.